The molecule has 0 spiro atoms. The summed E-state index contributed by atoms with van der Waals surface area (Å²) in [6.45, 7) is 0.810. The van der Waals surface area contributed by atoms with Crippen molar-refractivity contribution >= 4 is 35.0 Å². The Bertz CT molecular complexity index is 246. The molecule has 0 aromatic rings. The Kier molecular flexibility index (Phi) is 1.80. The monoisotopic (exact) mass is 261 g/mol. The van der Waals surface area contributed by atoms with E-state index < -0.39 is 0 Å². The summed E-state index contributed by atoms with van der Waals surface area (Å²) in [5.74, 6) is 0. The van der Waals surface area contributed by atoms with E-state index in [2.05, 4.69) is 44.0 Å². The van der Waals surface area contributed by atoms with Crippen LogP contribution >= 0.6 is 22.6 Å². The van der Waals surface area contributed by atoms with Gasteiger partial charge in [-0.1, -0.05) is 6.08 Å². The molecule has 0 aliphatic carbocycles. The molecule has 11 heavy (non-hydrogen) atoms. The molecule has 0 radical (unpaired) electrons. The third kappa shape index (κ3) is 1.24. The first-order valence-corrected chi connectivity index (χ1v) is 4.57. The third-order valence-corrected chi connectivity index (χ3v) is 3.04. The van der Waals surface area contributed by atoms with Gasteiger partial charge in [0.1, 0.15) is 6.04 Å². The second-order valence-electron chi connectivity index (χ2n) is 2.49. The Labute approximate surface area is 78.8 Å². The average molecular weight is 261 g/mol. The van der Waals surface area contributed by atoms with Gasteiger partial charge in [0.05, 0.1) is 0 Å². The summed E-state index contributed by atoms with van der Waals surface area (Å²) < 4.78 is -0.221. The molecule has 1 N–H and O–H groups in total. The molecule has 0 saturated carbocycles. The Morgan fingerprint density at radius 2 is 2.55 bits per heavy atom. The smallest absolute Gasteiger partial charge is 0.188 e. The summed E-state index contributed by atoms with van der Waals surface area (Å²) in [6, 6.07) is 0.168. The highest BCUT2D eigenvalue weighted by Crippen LogP contribution is 2.28. The first-order chi connectivity index (χ1) is 5.31. The highest BCUT2D eigenvalue weighted by molar-refractivity contribution is 14.1. The Morgan fingerprint density at radius 3 is 3.36 bits per heavy atom. The van der Waals surface area contributed by atoms with E-state index in [4.69, 9.17) is 0 Å². The number of nitrogens with one attached hydrogen (secondary N) is 1. The molecule has 0 bridgehead atoms. The maximum atomic E-state index is 4.33. The van der Waals surface area contributed by atoms with Gasteiger partial charge in [0, 0.05) is 19.0 Å². The van der Waals surface area contributed by atoms with Crippen molar-refractivity contribution in [3.63, 3.8) is 0 Å². The highest BCUT2D eigenvalue weighted by atomic mass is 127. The SMILES string of the molecule is IC12N=CC=C[C@@H]1N=CCN2. The summed E-state index contributed by atoms with van der Waals surface area (Å²) >= 11 is 2.29. The number of allylic oxidation sites excluding steroid dienone is 1. The summed E-state index contributed by atoms with van der Waals surface area (Å²) in [7, 11) is 0. The highest BCUT2D eigenvalue weighted by Gasteiger charge is 2.35. The Balaban J connectivity index is 2.33. The summed E-state index contributed by atoms with van der Waals surface area (Å²) in [5.41, 5.74) is 0. The second kappa shape index (κ2) is 2.67. The van der Waals surface area contributed by atoms with Crippen molar-refractivity contribution in [1.82, 2.24) is 5.32 Å². The molecular formula is C7H8IN3. The molecular weight excluding hydrogens is 253 g/mol. The Morgan fingerprint density at radius 1 is 1.64 bits per heavy atom. The number of hydrogen-bond acceptors (Lipinski definition) is 3. The van der Waals surface area contributed by atoms with Crippen molar-refractivity contribution < 1.29 is 0 Å². The molecule has 0 fully saturated rings. The zero-order valence-electron chi connectivity index (χ0n) is 5.87. The van der Waals surface area contributed by atoms with Gasteiger partial charge < -0.3 is 0 Å². The molecule has 0 saturated heterocycles. The zero-order valence-corrected chi connectivity index (χ0v) is 8.02. The van der Waals surface area contributed by atoms with E-state index in [1.165, 1.54) is 0 Å². The maximum absolute atomic E-state index is 4.33. The number of nitrogens with zero attached hydrogens (tertiary/aromatic N) is 2. The normalized spacial score (nSPS) is 40.6. The summed E-state index contributed by atoms with van der Waals surface area (Å²) in [4.78, 5) is 8.66. The maximum Gasteiger partial charge on any atom is 0.188 e. The van der Waals surface area contributed by atoms with E-state index in [0.717, 1.165) is 6.54 Å². The number of halogens is 1. The fourth-order valence-corrected chi connectivity index (χ4v) is 1.91. The van der Waals surface area contributed by atoms with Crippen LogP contribution in [-0.2, 0) is 0 Å². The predicted octanol–water partition coefficient (Wildman–Crippen LogP) is 0.758. The van der Waals surface area contributed by atoms with Crippen LogP contribution in [0.3, 0.4) is 0 Å². The van der Waals surface area contributed by atoms with Crippen molar-refractivity contribution in [2.45, 2.75) is 9.71 Å². The van der Waals surface area contributed by atoms with E-state index >= 15 is 0 Å². The van der Waals surface area contributed by atoms with Crippen molar-refractivity contribution in [1.29, 1.82) is 0 Å². The van der Waals surface area contributed by atoms with Gasteiger partial charge in [-0.15, -0.1) is 0 Å². The molecule has 0 amide bonds. The number of hydrogen-bond donors (Lipinski definition) is 1. The Hall–Kier alpha value is -0.230. The summed E-state index contributed by atoms with van der Waals surface area (Å²) in [6.07, 6.45) is 7.71. The molecule has 4 heteroatoms. The minimum absolute atomic E-state index is 0.168. The van der Waals surface area contributed by atoms with Crippen LogP contribution in [0.1, 0.15) is 0 Å². The minimum Gasteiger partial charge on any atom is -0.284 e. The number of fused-ring (bicyclic) bond motifs is 1. The lowest BCUT2D eigenvalue weighted by Crippen LogP contribution is -2.50. The van der Waals surface area contributed by atoms with Crippen LogP contribution in [0.25, 0.3) is 0 Å². The molecule has 2 aliphatic rings. The van der Waals surface area contributed by atoms with Gasteiger partial charge in [-0.25, -0.2) is 0 Å². The van der Waals surface area contributed by atoms with Gasteiger partial charge in [0.2, 0.25) is 0 Å². The molecule has 2 atom stereocenters. The average Bonchev–Trinajstić information content (AvgIpc) is 2.03. The predicted molar refractivity (Wildman–Crippen MR) is 54.7 cm³/mol. The van der Waals surface area contributed by atoms with Crippen LogP contribution in [0.2, 0.25) is 0 Å². The van der Waals surface area contributed by atoms with Crippen molar-refractivity contribution in [3.05, 3.63) is 12.2 Å². The van der Waals surface area contributed by atoms with E-state index in [0.29, 0.717) is 0 Å². The fraction of sp³-hybridized carbons (Fsp3) is 0.429. The molecule has 0 aromatic carbocycles. The van der Waals surface area contributed by atoms with E-state index in [1.807, 2.05) is 18.5 Å². The number of aliphatic imine (C=N–C) groups is 2. The van der Waals surface area contributed by atoms with Gasteiger partial charge in [-0.3, -0.25) is 15.3 Å². The fourth-order valence-electron chi connectivity index (χ4n) is 1.16. The van der Waals surface area contributed by atoms with Crippen molar-refractivity contribution in [2.75, 3.05) is 6.54 Å². The topological polar surface area (TPSA) is 36.8 Å². The van der Waals surface area contributed by atoms with Crippen molar-refractivity contribution in [2.24, 2.45) is 9.98 Å². The quantitative estimate of drug-likeness (QED) is 0.390. The van der Waals surface area contributed by atoms with Crippen LogP contribution < -0.4 is 5.32 Å². The lowest BCUT2D eigenvalue weighted by atomic mass is 10.1. The number of alkyl halides is 1. The second-order valence-corrected chi connectivity index (χ2v) is 4.14. The van der Waals surface area contributed by atoms with Gasteiger partial charge in [-0.2, -0.15) is 0 Å². The molecule has 2 heterocycles. The lowest BCUT2D eigenvalue weighted by molar-refractivity contribution is 0.480. The van der Waals surface area contributed by atoms with Crippen molar-refractivity contribution in [3.8, 4) is 0 Å². The minimum atomic E-state index is -0.221. The van der Waals surface area contributed by atoms with E-state index in [9.17, 15) is 0 Å². The lowest BCUT2D eigenvalue weighted by Gasteiger charge is -2.32. The first-order valence-electron chi connectivity index (χ1n) is 3.49. The number of rotatable bonds is 0. The molecule has 58 valence electrons. The molecule has 1 unspecified atom stereocenters. The first kappa shape index (κ1) is 7.42. The largest absolute Gasteiger partial charge is 0.284 e. The van der Waals surface area contributed by atoms with Gasteiger partial charge >= 0.3 is 0 Å². The van der Waals surface area contributed by atoms with Crippen LogP contribution in [-0.4, -0.2) is 28.7 Å². The van der Waals surface area contributed by atoms with Crippen LogP contribution in [0.15, 0.2) is 22.1 Å². The number of dihydropyridines is 1. The molecule has 2 aliphatic heterocycles. The molecule has 0 aromatic heterocycles. The van der Waals surface area contributed by atoms with Crippen LogP contribution in [0.5, 0.6) is 0 Å². The molecule has 3 nitrogen and oxygen atoms in total. The van der Waals surface area contributed by atoms with Gasteiger partial charge in [-0.05, 0) is 28.7 Å². The van der Waals surface area contributed by atoms with E-state index in [-0.39, 0.29) is 9.71 Å². The van der Waals surface area contributed by atoms with Crippen LogP contribution in [0.4, 0.5) is 0 Å². The van der Waals surface area contributed by atoms with Crippen LogP contribution in [0, 0.1) is 0 Å². The van der Waals surface area contributed by atoms with Gasteiger partial charge in [0.25, 0.3) is 0 Å². The molecule has 2 rings (SSSR count). The third-order valence-electron chi connectivity index (χ3n) is 1.74. The summed E-state index contributed by atoms with van der Waals surface area (Å²) in [5, 5.41) is 3.29. The zero-order chi connectivity index (χ0) is 7.73. The standard InChI is InChI=1S/C7H8IN3/c8-7-6(2-1-3-10-7)9-4-5-11-7/h1-4,6,11H,5H2/t6-,7?/m0/s1. The van der Waals surface area contributed by atoms with Gasteiger partial charge in [0.15, 0.2) is 3.67 Å². The van der Waals surface area contributed by atoms with E-state index in [1.54, 1.807) is 0 Å².